The van der Waals surface area contributed by atoms with E-state index in [-0.39, 0.29) is 19.8 Å². The molecule has 0 aliphatic rings. The van der Waals surface area contributed by atoms with E-state index in [2.05, 4.69) is 5.32 Å². The van der Waals surface area contributed by atoms with Gasteiger partial charge in [-0.05, 0) is 32.9 Å². The highest BCUT2D eigenvalue weighted by molar-refractivity contribution is 5.71. The fraction of sp³-hybridized carbons (Fsp3) is 0.500. The molecule has 1 aromatic rings. The molecule has 0 aliphatic carbocycles. The van der Waals surface area contributed by atoms with Gasteiger partial charge in [-0.1, -0.05) is 6.07 Å². The van der Waals surface area contributed by atoms with Crippen molar-refractivity contribution in [2.75, 3.05) is 26.9 Å². The molecule has 128 valence electrons. The highest BCUT2D eigenvalue weighted by Crippen LogP contribution is 2.18. The minimum atomic E-state index is -0.564. The van der Waals surface area contributed by atoms with Crippen LogP contribution in [0.3, 0.4) is 0 Å². The van der Waals surface area contributed by atoms with Gasteiger partial charge in [-0.2, -0.15) is 0 Å². The maximum absolute atomic E-state index is 11.5. The number of esters is 1. The molecule has 0 bridgehead atoms. The van der Waals surface area contributed by atoms with Crippen molar-refractivity contribution in [3.8, 4) is 11.5 Å². The molecule has 0 saturated carbocycles. The summed E-state index contributed by atoms with van der Waals surface area (Å²) in [5.41, 5.74) is -0.564. The molecule has 0 saturated heterocycles. The molecule has 23 heavy (non-hydrogen) atoms. The van der Waals surface area contributed by atoms with Crippen molar-refractivity contribution in [3.63, 3.8) is 0 Å². The summed E-state index contributed by atoms with van der Waals surface area (Å²) >= 11 is 0. The summed E-state index contributed by atoms with van der Waals surface area (Å²) < 4.78 is 20.3. The molecule has 0 spiro atoms. The molecule has 0 aromatic heterocycles. The first-order valence-electron chi connectivity index (χ1n) is 7.19. The molecule has 0 fully saturated rings. The van der Waals surface area contributed by atoms with Crippen LogP contribution in [0.5, 0.6) is 11.5 Å². The lowest BCUT2D eigenvalue weighted by Gasteiger charge is -2.19. The molecule has 0 heterocycles. The van der Waals surface area contributed by atoms with Gasteiger partial charge in [0.25, 0.3) is 0 Å². The minimum absolute atomic E-state index is 0.0412. The van der Waals surface area contributed by atoms with Gasteiger partial charge < -0.3 is 24.3 Å². The summed E-state index contributed by atoms with van der Waals surface area (Å²) in [7, 11) is 1.55. The standard InChI is InChI=1S/C16H23NO6/c1-16(2,3)23-15(19)17-8-9-21-14(18)11-22-13-7-5-6-12(10-13)20-4/h5-7,10H,8-9,11H2,1-4H3,(H,17,19). The average molecular weight is 325 g/mol. The van der Waals surface area contributed by atoms with Gasteiger partial charge in [-0.3, -0.25) is 0 Å². The Morgan fingerprint density at radius 2 is 1.87 bits per heavy atom. The number of benzene rings is 1. The zero-order chi connectivity index (χ0) is 17.3. The average Bonchev–Trinajstić information content (AvgIpc) is 2.48. The maximum atomic E-state index is 11.5. The molecule has 0 radical (unpaired) electrons. The molecule has 1 aromatic carbocycles. The van der Waals surface area contributed by atoms with E-state index >= 15 is 0 Å². The molecule has 7 nitrogen and oxygen atoms in total. The zero-order valence-electron chi connectivity index (χ0n) is 13.9. The summed E-state index contributed by atoms with van der Waals surface area (Å²) in [5.74, 6) is 0.615. The second-order valence-corrected chi connectivity index (χ2v) is 5.62. The van der Waals surface area contributed by atoms with Gasteiger partial charge in [-0.15, -0.1) is 0 Å². The van der Waals surface area contributed by atoms with Crippen molar-refractivity contribution in [1.82, 2.24) is 5.32 Å². The number of rotatable bonds is 7. The summed E-state index contributed by atoms with van der Waals surface area (Å²) in [6.45, 7) is 5.28. The number of carbonyl (C=O) groups excluding carboxylic acids is 2. The molecule has 1 rings (SSSR count). The van der Waals surface area contributed by atoms with Crippen LogP contribution in [0.25, 0.3) is 0 Å². The van der Waals surface area contributed by atoms with Gasteiger partial charge in [0.1, 0.15) is 23.7 Å². The third-order valence-electron chi connectivity index (χ3n) is 2.43. The van der Waals surface area contributed by atoms with Crippen LogP contribution in [0.15, 0.2) is 24.3 Å². The highest BCUT2D eigenvalue weighted by atomic mass is 16.6. The van der Waals surface area contributed by atoms with Crippen LogP contribution in [0, 0.1) is 0 Å². The quantitative estimate of drug-likeness (QED) is 0.611. The molecule has 0 atom stereocenters. The number of carbonyl (C=O) groups is 2. The Kier molecular flexibility index (Phi) is 7.18. The number of hydrogen-bond donors (Lipinski definition) is 1. The fourth-order valence-electron chi connectivity index (χ4n) is 1.51. The molecule has 0 aliphatic heterocycles. The number of nitrogens with one attached hydrogen (secondary N) is 1. The van der Waals surface area contributed by atoms with Gasteiger partial charge in [0.05, 0.1) is 13.7 Å². The Morgan fingerprint density at radius 3 is 2.52 bits per heavy atom. The second-order valence-electron chi connectivity index (χ2n) is 5.62. The summed E-state index contributed by atoms with van der Waals surface area (Å²) in [6, 6.07) is 6.90. The topological polar surface area (TPSA) is 83.1 Å². The number of hydrogen-bond acceptors (Lipinski definition) is 6. The highest BCUT2D eigenvalue weighted by Gasteiger charge is 2.15. The fourth-order valence-corrected chi connectivity index (χ4v) is 1.51. The van der Waals surface area contributed by atoms with Crippen LogP contribution >= 0.6 is 0 Å². The SMILES string of the molecule is COc1cccc(OCC(=O)OCCNC(=O)OC(C)(C)C)c1. The van der Waals surface area contributed by atoms with Crippen LogP contribution in [0.1, 0.15) is 20.8 Å². The Morgan fingerprint density at radius 1 is 1.17 bits per heavy atom. The monoisotopic (exact) mass is 325 g/mol. The van der Waals surface area contributed by atoms with E-state index in [1.54, 1.807) is 52.1 Å². The van der Waals surface area contributed by atoms with E-state index in [0.717, 1.165) is 0 Å². The van der Waals surface area contributed by atoms with Crippen molar-refractivity contribution in [2.45, 2.75) is 26.4 Å². The molecule has 0 unspecified atom stereocenters. The van der Waals surface area contributed by atoms with Gasteiger partial charge in [0.2, 0.25) is 0 Å². The van der Waals surface area contributed by atoms with E-state index in [4.69, 9.17) is 18.9 Å². The summed E-state index contributed by atoms with van der Waals surface area (Å²) in [6.07, 6.45) is -0.554. The number of alkyl carbamates (subject to hydrolysis) is 1. The third-order valence-corrected chi connectivity index (χ3v) is 2.43. The lowest BCUT2D eigenvalue weighted by molar-refractivity contribution is -0.145. The van der Waals surface area contributed by atoms with E-state index in [9.17, 15) is 9.59 Å². The lowest BCUT2D eigenvalue weighted by Crippen LogP contribution is -2.34. The van der Waals surface area contributed by atoms with Crippen molar-refractivity contribution in [3.05, 3.63) is 24.3 Å². The van der Waals surface area contributed by atoms with Crippen molar-refractivity contribution >= 4 is 12.1 Å². The summed E-state index contributed by atoms with van der Waals surface area (Å²) in [5, 5.41) is 2.49. The van der Waals surface area contributed by atoms with Crippen LogP contribution in [-0.2, 0) is 14.3 Å². The van der Waals surface area contributed by atoms with Crippen LogP contribution in [0.2, 0.25) is 0 Å². The van der Waals surface area contributed by atoms with Gasteiger partial charge >= 0.3 is 12.1 Å². The number of ether oxygens (including phenoxy) is 4. The Hall–Kier alpha value is -2.44. The molecular formula is C16H23NO6. The first kappa shape index (κ1) is 18.6. The predicted molar refractivity (Wildman–Crippen MR) is 83.7 cm³/mol. The lowest BCUT2D eigenvalue weighted by atomic mass is 10.2. The minimum Gasteiger partial charge on any atom is -0.497 e. The van der Waals surface area contributed by atoms with Crippen molar-refractivity contribution < 1.29 is 28.5 Å². The molecular weight excluding hydrogens is 302 g/mol. The van der Waals surface area contributed by atoms with Gasteiger partial charge in [0, 0.05) is 6.07 Å². The smallest absolute Gasteiger partial charge is 0.407 e. The second kappa shape index (κ2) is 8.87. The normalized spacial score (nSPS) is 10.6. The van der Waals surface area contributed by atoms with Crippen molar-refractivity contribution in [1.29, 1.82) is 0 Å². The van der Waals surface area contributed by atoms with E-state index in [1.165, 1.54) is 0 Å². The first-order valence-corrected chi connectivity index (χ1v) is 7.19. The maximum Gasteiger partial charge on any atom is 0.407 e. The van der Waals surface area contributed by atoms with E-state index < -0.39 is 17.7 Å². The van der Waals surface area contributed by atoms with Crippen molar-refractivity contribution in [2.24, 2.45) is 0 Å². The zero-order valence-corrected chi connectivity index (χ0v) is 13.9. The largest absolute Gasteiger partial charge is 0.497 e. The number of methoxy groups -OCH3 is 1. The van der Waals surface area contributed by atoms with E-state index in [0.29, 0.717) is 11.5 Å². The molecule has 1 N–H and O–H groups in total. The van der Waals surface area contributed by atoms with Crippen LogP contribution in [-0.4, -0.2) is 44.5 Å². The molecule has 1 amide bonds. The van der Waals surface area contributed by atoms with Gasteiger partial charge in [0.15, 0.2) is 6.61 Å². The Labute approximate surface area is 135 Å². The van der Waals surface area contributed by atoms with Crippen LogP contribution in [0.4, 0.5) is 4.79 Å². The Bertz CT molecular complexity index is 524. The van der Waals surface area contributed by atoms with E-state index in [1.807, 2.05) is 0 Å². The predicted octanol–water partition coefficient (Wildman–Crippen LogP) is 2.14. The van der Waals surface area contributed by atoms with Crippen LogP contribution < -0.4 is 14.8 Å². The third kappa shape index (κ3) is 8.55. The first-order chi connectivity index (χ1) is 10.8. The summed E-state index contributed by atoms with van der Waals surface area (Å²) in [4.78, 5) is 22.9. The number of amides is 1. The van der Waals surface area contributed by atoms with Gasteiger partial charge in [-0.25, -0.2) is 9.59 Å². The Balaban J connectivity index is 2.18. The molecule has 7 heteroatoms.